The van der Waals surface area contributed by atoms with Gasteiger partial charge in [-0.25, -0.2) is 0 Å². The van der Waals surface area contributed by atoms with Crippen LogP contribution in [0.15, 0.2) is 33.8 Å². The molecule has 1 atom stereocenters. The van der Waals surface area contributed by atoms with E-state index in [1.807, 2.05) is 6.07 Å². The number of guanidine groups is 1. The second-order valence-corrected chi connectivity index (χ2v) is 6.86. The Kier molecular flexibility index (Phi) is 6.40. The molecule has 0 radical (unpaired) electrons. The van der Waals surface area contributed by atoms with Crippen LogP contribution in [0.25, 0.3) is 11.4 Å². The second-order valence-electron chi connectivity index (χ2n) is 6.43. The molecule has 28 heavy (non-hydrogen) atoms. The molecule has 1 aromatic heterocycles. The van der Waals surface area contributed by atoms with Crippen molar-refractivity contribution in [2.45, 2.75) is 25.2 Å². The molecule has 0 spiro atoms. The Hall–Kier alpha value is -2.33. The second kappa shape index (κ2) is 8.78. The van der Waals surface area contributed by atoms with Crippen LogP contribution in [0, 0.1) is 0 Å². The fourth-order valence-electron chi connectivity index (χ4n) is 2.97. The summed E-state index contributed by atoms with van der Waals surface area (Å²) in [4.78, 5) is 9.76. The Balaban J connectivity index is 1.50. The lowest BCUT2D eigenvalue weighted by Crippen LogP contribution is -2.44. The lowest BCUT2D eigenvalue weighted by atomic mass is 10.2. The Morgan fingerprint density at radius 1 is 1.43 bits per heavy atom. The van der Waals surface area contributed by atoms with Crippen molar-refractivity contribution in [3.63, 3.8) is 0 Å². The predicted molar refractivity (Wildman–Crippen MR) is 99.0 cm³/mol. The molecule has 2 heterocycles. The number of benzene rings is 1. The topological polar surface area (TPSA) is 78.6 Å². The van der Waals surface area contributed by atoms with E-state index in [-0.39, 0.29) is 12.6 Å². The minimum Gasteiger partial charge on any atom is -0.352 e. The number of hydrogen-bond donors (Lipinski definition) is 2. The third-order valence-corrected chi connectivity index (χ3v) is 4.43. The third kappa shape index (κ3) is 5.83. The van der Waals surface area contributed by atoms with Crippen molar-refractivity contribution in [3.05, 3.63) is 35.2 Å². The van der Waals surface area contributed by atoms with Crippen molar-refractivity contribution < 1.29 is 17.7 Å². The van der Waals surface area contributed by atoms with Gasteiger partial charge in [-0.2, -0.15) is 18.2 Å². The molecule has 1 aliphatic rings. The molecule has 1 unspecified atom stereocenters. The van der Waals surface area contributed by atoms with Gasteiger partial charge in [0.05, 0.1) is 13.1 Å². The average molecular weight is 417 g/mol. The average Bonchev–Trinajstić information content (AvgIpc) is 3.26. The maximum absolute atomic E-state index is 12.5. The van der Waals surface area contributed by atoms with Gasteiger partial charge in [0.25, 0.3) is 0 Å². The van der Waals surface area contributed by atoms with E-state index >= 15 is 0 Å². The van der Waals surface area contributed by atoms with E-state index in [2.05, 4.69) is 25.8 Å². The standard InChI is InChI=1S/C17H20ClF3N6O/c1-22-16(24-13-5-6-27(9-13)10-17(19,20)21)23-8-14-25-15(26-28-14)11-3-2-4-12(18)7-11/h2-4,7,13H,5-6,8-10H2,1H3,(H2,22,23,24). The van der Waals surface area contributed by atoms with Crippen molar-refractivity contribution in [2.24, 2.45) is 4.99 Å². The van der Waals surface area contributed by atoms with Gasteiger partial charge in [-0.1, -0.05) is 28.9 Å². The number of nitrogens with one attached hydrogen (secondary N) is 2. The zero-order valence-corrected chi connectivity index (χ0v) is 15.9. The van der Waals surface area contributed by atoms with Crippen LogP contribution >= 0.6 is 11.6 Å². The van der Waals surface area contributed by atoms with Crippen LogP contribution in [0.4, 0.5) is 13.2 Å². The van der Waals surface area contributed by atoms with Crippen LogP contribution in [0.5, 0.6) is 0 Å². The maximum atomic E-state index is 12.5. The number of rotatable bonds is 5. The van der Waals surface area contributed by atoms with Crippen molar-refractivity contribution in [2.75, 3.05) is 26.7 Å². The molecule has 1 fully saturated rings. The van der Waals surface area contributed by atoms with Crippen molar-refractivity contribution in [1.29, 1.82) is 0 Å². The first kappa shape index (κ1) is 20.4. The molecule has 0 bridgehead atoms. The summed E-state index contributed by atoms with van der Waals surface area (Å²) < 4.78 is 42.7. The first-order valence-electron chi connectivity index (χ1n) is 8.67. The first-order chi connectivity index (χ1) is 13.3. The highest BCUT2D eigenvalue weighted by Crippen LogP contribution is 2.21. The van der Waals surface area contributed by atoms with Crippen molar-refractivity contribution >= 4 is 17.6 Å². The molecule has 0 saturated carbocycles. The van der Waals surface area contributed by atoms with Crippen LogP contribution in [-0.4, -0.2) is 59.9 Å². The number of hydrogen-bond acceptors (Lipinski definition) is 5. The Labute approximate surface area is 165 Å². The number of alkyl halides is 3. The SMILES string of the molecule is CN=C(NCc1nc(-c2cccc(Cl)c2)no1)NC1CCN(CC(F)(F)F)C1. The molecule has 1 saturated heterocycles. The maximum Gasteiger partial charge on any atom is 0.401 e. The minimum absolute atomic E-state index is 0.113. The van der Waals surface area contributed by atoms with Crippen LogP contribution in [0.3, 0.4) is 0 Å². The molecule has 2 N–H and O–H groups in total. The zero-order chi connectivity index (χ0) is 20.1. The van der Waals surface area contributed by atoms with Gasteiger partial charge >= 0.3 is 6.18 Å². The van der Waals surface area contributed by atoms with Crippen molar-refractivity contribution in [1.82, 2.24) is 25.7 Å². The predicted octanol–water partition coefficient (Wildman–Crippen LogP) is 2.69. The number of nitrogens with zero attached hydrogens (tertiary/aromatic N) is 4. The fraction of sp³-hybridized carbons (Fsp3) is 0.471. The summed E-state index contributed by atoms with van der Waals surface area (Å²) in [5.41, 5.74) is 0.737. The number of halogens is 4. The summed E-state index contributed by atoms with van der Waals surface area (Å²) >= 11 is 5.96. The van der Waals surface area contributed by atoms with Crippen LogP contribution in [-0.2, 0) is 6.54 Å². The molecule has 7 nitrogen and oxygen atoms in total. The van der Waals surface area contributed by atoms with Gasteiger partial charge in [-0.15, -0.1) is 0 Å². The highest BCUT2D eigenvalue weighted by Gasteiger charge is 2.34. The monoisotopic (exact) mass is 416 g/mol. The summed E-state index contributed by atoms with van der Waals surface area (Å²) in [6, 6.07) is 6.99. The van der Waals surface area contributed by atoms with E-state index in [1.54, 1.807) is 25.2 Å². The van der Waals surface area contributed by atoms with Gasteiger partial charge in [-0.3, -0.25) is 9.89 Å². The Bertz CT molecular complexity index is 825. The van der Waals surface area contributed by atoms with Gasteiger partial charge < -0.3 is 15.2 Å². The summed E-state index contributed by atoms with van der Waals surface area (Å²) in [5, 5.41) is 10.6. The summed E-state index contributed by atoms with van der Waals surface area (Å²) in [7, 11) is 1.59. The molecular weight excluding hydrogens is 397 g/mol. The third-order valence-electron chi connectivity index (χ3n) is 4.20. The number of aliphatic imine (C=N–C) groups is 1. The molecule has 0 amide bonds. The lowest BCUT2D eigenvalue weighted by Gasteiger charge is -2.19. The normalized spacial score (nSPS) is 18.5. The smallest absolute Gasteiger partial charge is 0.352 e. The summed E-state index contributed by atoms with van der Waals surface area (Å²) in [6.45, 7) is 0.0260. The summed E-state index contributed by atoms with van der Waals surface area (Å²) in [5.74, 6) is 1.23. The van der Waals surface area contributed by atoms with Crippen LogP contribution < -0.4 is 10.6 Å². The van der Waals surface area contributed by atoms with E-state index in [0.717, 1.165) is 5.56 Å². The number of aromatic nitrogens is 2. The highest BCUT2D eigenvalue weighted by atomic mass is 35.5. The molecule has 2 aromatic rings. The largest absolute Gasteiger partial charge is 0.401 e. The lowest BCUT2D eigenvalue weighted by molar-refractivity contribution is -0.143. The Morgan fingerprint density at radius 3 is 2.96 bits per heavy atom. The van der Waals surface area contributed by atoms with E-state index in [0.29, 0.717) is 42.2 Å². The van der Waals surface area contributed by atoms with Crippen molar-refractivity contribution in [3.8, 4) is 11.4 Å². The van der Waals surface area contributed by atoms with E-state index in [1.165, 1.54) is 4.90 Å². The van der Waals surface area contributed by atoms with Crippen LogP contribution in [0.1, 0.15) is 12.3 Å². The molecule has 1 aromatic carbocycles. The molecule has 11 heteroatoms. The van der Waals surface area contributed by atoms with Gasteiger partial charge in [0, 0.05) is 36.8 Å². The first-order valence-corrected chi connectivity index (χ1v) is 9.05. The van der Waals surface area contributed by atoms with E-state index in [4.69, 9.17) is 16.1 Å². The molecule has 1 aliphatic heterocycles. The molecule has 0 aliphatic carbocycles. The molecular formula is C17H20ClF3N6O. The van der Waals surface area contributed by atoms with E-state index < -0.39 is 12.7 Å². The molecule has 3 rings (SSSR count). The highest BCUT2D eigenvalue weighted by molar-refractivity contribution is 6.30. The molecule has 152 valence electrons. The minimum atomic E-state index is -4.19. The van der Waals surface area contributed by atoms with Crippen LogP contribution in [0.2, 0.25) is 5.02 Å². The zero-order valence-electron chi connectivity index (χ0n) is 15.1. The van der Waals surface area contributed by atoms with Gasteiger partial charge in [0.15, 0.2) is 5.96 Å². The van der Waals surface area contributed by atoms with Gasteiger partial charge in [0.2, 0.25) is 11.7 Å². The Morgan fingerprint density at radius 2 is 2.25 bits per heavy atom. The fourth-order valence-corrected chi connectivity index (χ4v) is 3.16. The summed E-state index contributed by atoms with van der Waals surface area (Å²) in [6.07, 6.45) is -3.58. The van der Waals surface area contributed by atoms with Gasteiger partial charge in [0.1, 0.15) is 0 Å². The van der Waals surface area contributed by atoms with E-state index in [9.17, 15) is 13.2 Å². The number of likely N-dealkylation sites (tertiary alicyclic amines) is 1. The quantitative estimate of drug-likeness (QED) is 0.576. The van der Waals surface area contributed by atoms with Gasteiger partial charge in [-0.05, 0) is 18.6 Å².